The Balaban J connectivity index is 1.53. The highest BCUT2D eigenvalue weighted by Crippen LogP contribution is 2.48. The minimum atomic E-state index is -0.165. The van der Waals surface area contributed by atoms with E-state index in [-0.39, 0.29) is 6.61 Å². The van der Waals surface area contributed by atoms with Gasteiger partial charge in [0.2, 0.25) is 0 Å². The Hall–Kier alpha value is -1.98. The molecule has 3 aromatic rings. The van der Waals surface area contributed by atoms with Gasteiger partial charge in [0.25, 0.3) is 0 Å². The van der Waals surface area contributed by atoms with Crippen molar-refractivity contribution in [1.29, 1.82) is 0 Å². The van der Waals surface area contributed by atoms with E-state index in [1.54, 1.807) is 11.8 Å². The van der Waals surface area contributed by atoms with Crippen molar-refractivity contribution >= 4 is 40.4 Å². The van der Waals surface area contributed by atoms with Crippen molar-refractivity contribution in [2.45, 2.75) is 22.8 Å². The van der Waals surface area contributed by atoms with Crippen LogP contribution in [0.15, 0.2) is 76.5 Å². The first-order valence-corrected chi connectivity index (χ1v) is 11.0. The molecule has 0 aliphatic carbocycles. The molecule has 0 aromatic heterocycles. The van der Waals surface area contributed by atoms with E-state index in [4.69, 9.17) is 11.6 Å². The molecular weight excluding hydrogens is 400 g/mol. The van der Waals surface area contributed by atoms with E-state index in [1.807, 2.05) is 18.2 Å². The molecule has 0 N–H and O–H groups in total. The first kappa shape index (κ1) is 20.3. The number of hydrogen-bond acceptors (Lipinski definition) is 3. The largest absolute Gasteiger partial charge is 0.851 e. The topological polar surface area (TPSA) is 26.3 Å². The summed E-state index contributed by atoms with van der Waals surface area (Å²) in [5.74, 6) is 0. The molecule has 1 aliphatic heterocycles. The summed E-state index contributed by atoms with van der Waals surface area (Å²) >= 11 is 8.12. The van der Waals surface area contributed by atoms with E-state index >= 15 is 0 Å². The number of rotatable bonds is 6. The molecule has 0 saturated carbocycles. The van der Waals surface area contributed by atoms with E-state index in [2.05, 4.69) is 67.5 Å². The fourth-order valence-corrected chi connectivity index (χ4v) is 5.03. The zero-order valence-corrected chi connectivity index (χ0v) is 18.3. The smallest absolute Gasteiger partial charge is 0.132 e. The number of nitrogens with zero attached hydrogens (tertiary/aromatic N) is 2. The second-order valence-corrected chi connectivity index (χ2v) is 9.43. The molecule has 0 unspecified atom stereocenters. The third-order valence-corrected chi connectivity index (χ3v) is 6.85. The van der Waals surface area contributed by atoms with Gasteiger partial charge in [-0.1, -0.05) is 53.2 Å². The summed E-state index contributed by atoms with van der Waals surface area (Å²) < 4.78 is 0.784. The predicted octanol–water partition coefficient (Wildman–Crippen LogP) is 5.46. The monoisotopic (exact) mass is 424 g/mol. The zero-order valence-electron chi connectivity index (χ0n) is 16.8. The standard InChI is InChI=1S/C24H25ClN2OS/c1-27(2,20-11-8-18(17-28)9-12-20)15-5-14-26-21-6-3-4-7-23(21)29-24-13-10-19(25)16-22(24)26/h3-4,6-13,16H,5,14-15,17H2,1-2H3. The summed E-state index contributed by atoms with van der Waals surface area (Å²) in [6.07, 6.45) is 1.03. The van der Waals surface area contributed by atoms with Crippen LogP contribution in [0.4, 0.5) is 17.1 Å². The molecular formula is C24H25ClN2OS. The average Bonchev–Trinajstić information content (AvgIpc) is 2.73. The van der Waals surface area contributed by atoms with Crippen LogP contribution in [0.2, 0.25) is 5.02 Å². The van der Waals surface area contributed by atoms with Crippen LogP contribution in [0.5, 0.6) is 0 Å². The molecule has 4 rings (SSSR count). The van der Waals surface area contributed by atoms with Gasteiger partial charge in [-0.2, -0.15) is 0 Å². The van der Waals surface area contributed by atoms with E-state index in [0.717, 1.165) is 34.6 Å². The van der Waals surface area contributed by atoms with Crippen LogP contribution in [-0.2, 0) is 6.61 Å². The van der Waals surface area contributed by atoms with Crippen molar-refractivity contribution in [3.8, 4) is 0 Å². The summed E-state index contributed by atoms with van der Waals surface area (Å²) in [5.41, 5.74) is 4.49. The van der Waals surface area contributed by atoms with E-state index in [9.17, 15) is 5.11 Å². The van der Waals surface area contributed by atoms with Gasteiger partial charge in [-0.25, -0.2) is 0 Å². The number of benzene rings is 3. The normalized spacial score (nSPS) is 13.2. The molecule has 0 saturated heterocycles. The summed E-state index contributed by atoms with van der Waals surface area (Å²) in [7, 11) is 4.44. The third kappa shape index (κ3) is 4.31. The SMILES string of the molecule is C[N+](C)(CCCN1c2ccccc2Sc2ccc(Cl)cc21)c1ccc(C[O-])cc1. The Morgan fingerprint density at radius 1 is 0.931 bits per heavy atom. The first-order chi connectivity index (χ1) is 14.0. The molecule has 3 aromatic carbocycles. The maximum absolute atomic E-state index is 11.0. The van der Waals surface area contributed by atoms with Gasteiger partial charge in [0.15, 0.2) is 0 Å². The summed E-state index contributed by atoms with van der Waals surface area (Å²) in [5, 5.41) is 11.8. The van der Waals surface area contributed by atoms with E-state index in [0.29, 0.717) is 0 Å². The summed E-state index contributed by atoms with van der Waals surface area (Å²) in [6, 6.07) is 22.8. The Morgan fingerprint density at radius 2 is 1.66 bits per heavy atom. The average molecular weight is 425 g/mol. The molecule has 3 nitrogen and oxygen atoms in total. The van der Waals surface area contributed by atoms with Crippen molar-refractivity contribution in [3.05, 3.63) is 77.3 Å². The second kappa shape index (κ2) is 8.41. The lowest BCUT2D eigenvalue weighted by atomic mass is 10.1. The highest BCUT2D eigenvalue weighted by Gasteiger charge is 2.25. The Kier molecular flexibility index (Phi) is 5.88. The van der Waals surface area contributed by atoms with Crippen LogP contribution < -0.4 is 14.5 Å². The number of anilines is 2. The highest BCUT2D eigenvalue weighted by atomic mass is 35.5. The highest BCUT2D eigenvalue weighted by molar-refractivity contribution is 7.99. The molecule has 0 atom stereocenters. The van der Waals surface area contributed by atoms with Crippen molar-refractivity contribution in [1.82, 2.24) is 4.48 Å². The van der Waals surface area contributed by atoms with E-state index in [1.165, 1.54) is 26.9 Å². The quantitative estimate of drug-likeness (QED) is 0.491. The molecule has 0 spiro atoms. The molecule has 5 heteroatoms. The van der Waals surface area contributed by atoms with Crippen LogP contribution in [-0.4, -0.2) is 27.2 Å². The third-order valence-electron chi connectivity index (χ3n) is 5.49. The number of halogens is 1. The Labute approximate surface area is 182 Å². The molecule has 29 heavy (non-hydrogen) atoms. The fourth-order valence-electron chi connectivity index (χ4n) is 3.79. The minimum absolute atomic E-state index is 0.165. The predicted molar refractivity (Wildman–Crippen MR) is 122 cm³/mol. The second-order valence-electron chi connectivity index (χ2n) is 7.91. The molecule has 0 bridgehead atoms. The number of para-hydroxylation sites is 1. The number of hydrogen-bond donors (Lipinski definition) is 0. The first-order valence-electron chi connectivity index (χ1n) is 9.82. The van der Waals surface area contributed by atoms with Gasteiger partial charge in [0, 0.05) is 27.8 Å². The number of fused-ring (bicyclic) bond motifs is 2. The molecule has 0 radical (unpaired) electrons. The van der Waals surface area contributed by atoms with Crippen LogP contribution in [0.25, 0.3) is 0 Å². The van der Waals surface area contributed by atoms with E-state index < -0.39 is 0 Å². The summed E-state index contributed by atoms with van der Waals surface area (Å²) in [6.45, 7) is 1.76. The van der Waals surface area contributed by atoms with Crippen molar-refractivity contribution < 1.29 is 5.11 Å². The molecule has 1 heterocycles. The maximum atomic E-state index is 11.0. The van der Waals surface area contributed by atoms with Gasteiger partial charge in [0.1, 0.15) is 5.69 Å². The van der Waals surface area contributed by atoms with Gasteiger partial charge >= 0.3 is 0 Å². The maximum Gasteiger partial charge on any atom is 0.132 e. The molecule has 0 fully saturated rings. The van der Waals surface area contributed by atoms with Crippen LogP contribution in [0, 0.1) is 0 Å². The van der Waals surface area contributed by atoms with Crippen molar-refractivity contribution in [2.24, 2.45) is 0 Å². The zero-order chi connectivity index (χ0) is 20.4. The van der Waals surface area contributed by atoms with Crippen molar-refractivity contribution in [3.63, 3.8) is 0 Å². The lowest BCUT2D eigenvalue weighted by Gasteiger charge is -2.35. The fraction of sp³-hybridized carbons (Fsp3) is 0.250. The van der Waals surface area contributed by atoms with Crippen LogP contribution in [0.1, 0.15) is 12.0 Å². The van der Waals surface area contributed by atoms with Crippen LogP contribution in [0.3, 0.4) is 0 Å². The lowest BCUT2D eigenvalue weighted by Crippen LogP contribution is -2.42. The van der Waals surface area contributed by atoms with Gasteiger partial charge in [-0.3, -0.25) is 4.48 Å². The van der Waals surface area contributed by atoms with Gasteiger partial charge < -0.3 is 10.0 Å². The van der Waals surface area contributed by atoms with Gasteiger partial charge in [-0.05, 0) is 42.5 Å². The Bertz CT molecular complexity index is 1000. The lowest BCUT2D eigenvalue weighted by molar-refractivity contribution is -0.386. The van der Waals surface area contributed by atoms with Gasteiger partial charge in [0.05, 0.1) is 32.0 Å². The van der Waals surface area contributed by atoms with Gasteiger partial charge in [-0.15, -0.1) is 6.61 Å². The molecule has 1 aliphatic rings. The minimum Gasteiger partial charge on any atom is -0.851 e. The molecule has 150 valence electrons. The van der Waals surface area contributed by atoms with Crippen LogP contribution >= 0.6 is 23.4 Å². The number of quaternary nitrogens is 1. The molecule has 0 amide bonds. The summed E-state index contributed by atoms with van der Waals surface area (Å²) in [4.78, 5) is 4.92. The Morgan fingerprint density at radius 3 is 2.41 bits per heavy atom. The van der Waals surface area contributed by atoms with Crippen molar-refractivity contribution in [2.75, 3.05) is 32.1 Å².